The van der Waals surface area contributed by atoms with Crippen molar-refractivity contribution in [1.29, 1.82) is 0 Å². The lowest BCUT2D eigenvalue weighted by Crippen LogP contribution is -1.96. The second kappa shape index (κ2) is 3.20. The molecule has 2 N–H and O–H groups in total. The Labute approximate surface area is 90.5 Å². The Kier molecular flexibility index (Phi) is 2.15. The van der Waals surface area contributed by atoms with Crippen molar-refractivity contribution in [1.82, 2.24) is 9.97 Å². The largest absolute Gasteiger partial charge is 0.398 e. The van der Waals surface area contributed by atoms with E-state index in [4.69, 9.17) is 5.73 Å². The molecular weight excluding hydrogens is 242 g/mol. The standard InChI is InChI=1S/C10H10BrN3/c1-5-6(2)14-10-8(13-5)4-3-7(12)9(10)11/h3-4H,12H2,1-2H3. The van der Waals surface area contributed by atoms with Gasteiger partial charge in [0.05, 0.1) is 21.4 Å². The number of aromatic nitrogens is 2. The summed E-state index contributed by atoms with van der Waals surface area (Å²) < 4.78 is 0.825. The van der Waals surface area contributed by atoms with Gasteiger partial charge in [0, 0.05) is 5.69 Å². The van der Waals surface area contributed by atoms with E-state index < -0.39 is 0 Å². The Bertz CT molecular complexity index is 508. The lowest BCUT2D eigenvalue weighted by molar-refractivity contribution is 1.10. The van der Waals surface area contributed by atoms with E-state index >= 15 is 0 Å². The average Bonchev–Trinajstić information content (AvgIpc) is 2.15. The van der Waals surface area contributed by atoms with Crippen LogP contribution in [0.1, 0.15) is 11.4 Å². The van der Waals surface area contributed by atoms with E-state index in [1.165, 1.54) is 0 Å². The lowest BCUT2D eigenvalue weighted by Gasteiger charge is -2.05. The fourth-order valence-corrected chi connectivity index (χ4v) is 1.70. The molecule has 0 saturated carbocycles. The van der Waals surface area contributed by atoms with E-state index in [1.807, 2.05) is 26.0 Å². The summed E-state index contributed by atoms with van der Waals surface area (Å²) in [7, 11) is 0. The fourth-order valence-electron chi connectivity index (χ4n) is 1.28. The summed E-state index contributed by atoms with van der Waals surface area (Å²) >= 11 is 3.41. The Hall–Kier alpha value is -1.16. The van der Waals surface area contributed by atoms with E-state index in [2.05, 4.69) is 25.9 Å². The van der Waals surface area contributed by atoms with Crippen molar-refractivity contribution < 1.29 is 0 Å². The molecule has 14 heavy (non-hydrogen) atoms. The number of benzene rings is 1. The zero-order valence-electron chi connectivity index (χ0n) is 8.00. The molecule has 2 aromatic rings. The molecular formula is C10H10BrN3. The van der Waals surface area contributed by atoms with E-state index in [-0.39, 0.29) is 0 Å². The van der Waals surface area contributed by atoms with Crippen molar-refractivity contribution in [2.75, 3.05) is 5.73 Å². The predicted octanol–water partition coefficient (Wildman–Crippen LogP) is 2.59. The third-order valence-corrected chi connectivity index (χ3v) is 3.05. The number of hydrogen-bond donors (Lipinski definition) is 1. The van der Waals surface area contributed by atoms with Crippen LogP contribution in [0.25, 0.3) is 11.0 Å². The zero-order chi connectivity index (χ0) is 10.3. The predicted molar refractivity (Wildman–Crippen MR) is 61.1 cm³/mol. The van der Waals surface area contributed by atoms with Gasteiger partial charge in [-0.1, -0.05) is 0 Å². The number of anilines is 1. The molecule has 1 aromatic heterocycles. The average molecular weight is 252 g/mol. The highest BCUT2D eigenvalue weighted by Crippen LogP contribution is 2.27. The van der Waals surface area contributed by atoms with Crippen molar-refractivity contribution in [3.63, 3.8) is 0 Å². The Balaban J connectivity index is 2.89. The summed E-state index contributed by atoms with van der Waals surface area (Å²) in [4.78, 5) is 8.88. The minimum absolute atomic E-state index is 0.690. The van der Waals surface area contributed by atoms with E-state index in [1.54, 1.807) is 0 Å². The van der Waals surface area contributed by atoms with E-state index in [0.717, 1.165) is 26.9 Å². The van der Waals surface area contributed by atoms with Crippen LogP contribution in [-0.2, 0) is 0 Å². The van der Waals surface area contributed by atoms with Crippen LogP contribution in [0.4, 0.5) is 5.69 Å². The number of nitrogens with zero attached hydrogens (tertiary/aromatic N) is 2. The van der Waals surface area contributed by atoms with Crippen LogP contribution in [0.3, 0.4) is 0 Å². The van der Waals surface area contributed by atoms with Gasteiger partial charge in [0.2, 0.25) is 0 Å². The van der Waals surface area contributed by atoms with Gasteiger partial charge in [-0.2, -0.15) is 0 Å². The molecule has 0 fully saturated rings. The van der Waals surface area contributed by atoms with Gasteiger partial charge in [-0.15, -0.1) is 0 Å². The maximum atomic E-state index is 5.76. The van der Waals surface area contributed by atoms with Crippen LogP contribution < -0.4 is 5.73 Å². The van der Waals surface area contributed by atoms with Gasteiger partial charge in [-0.25, -0.2) is 9.97 Å². The molecule has 2 rings (SSSR count). The van der Waals surface area contributed by atoms with Crippen LogP contribution >= 0.6 is 15.9 Å². The van der Waals surface area contributed by atoms with E-state index in [9.17, 15) is 0 Å². The summed E-state index contributed by atoms with van der Waals surface area (Å²) in [5, 5.41) is 0. The number of nitrogen functional groups attached to an aromatic ring is 1. The van der Waals surface area contributed by atoms with Crippen LogP contribution in [0, 0.1) is 13.8 Å². The first-order chi connectivity index (χ1) is 6.59. The summed E-state index contributed by atoms with van der Waals surface area (Å²) in [6.07, 6.45) is 0. The number of fused-ring (bicyclic) bond motifs is 1. The smallest absolute Gasteiger partial charge is 0.105 e. The maximum absolute atomic E-state index is 5.76. The minimum Gasteiger partial charge on any atom is -0.398 e. The summed E-state index contributed by atoms with van der Waals surface area (Å²) in [5.41, 5.74) is 10.0. The van der Waals surface area contributed by atoms with Crippen LogP contribution in [0.5, 0.6) is 0 Å². The third kappa shape index (κ3) is 1.35. The molecule has 0 amide bonds. The molecule has 0 aliphatic heterocycles. The van der Waals surface area contributed by atoms with Gasteiger partial charge in [0.15, 0.2) is 0 Å². The molecule has 1 heterocycles. The number of hydrogen-bond acceptors (Lipinski definition) is 3. The second-order valence-corrected chi connectivity index (χ2v) is 4.02. The van der Waals surface area contributed by atoms with Gasteiger partial charge in [-0.3, -0.25) is 0 Å². The summed E-state index contributed by atoms with van der Waals surface area (Å²) in [6, 6.07) is 3.71. The normalized spacial score (nSPS) is 10.8. The molecule has 0 aliphatic carbocycles. The van der Waals surface area contributed by atoms with Gasteiger partial charge >= 0.3 is 0 Å². The molecule has 0 bridgehead atoms. The number of aryl methyl sites for hydroxylation is 2. The molecule has 0 atom stereocenters. The molecule has 1 aromatic carbocycles. The van der Waals surface area contributed by atoms with Gasteiger partial charge in [0.25, 0.3) is 0 Å². The highest BCUT2D eigenvalue weighted by atomic mass is 79.9. The van der Waals surface area contributed by atoms with Gasteiger partial charge < -0.3 is 5.73 Å². The zero-order valence-corrected chi connectivity index (χ0v) is 9.59. The first-order valence-electron chi connectivity index (χ1n) is 4.28. The molecule has 72 valence electrons. The molecule has 3 nitrogen and oxygen atoms in total. The second-order valence-electron chi connectivity index (χ2n) is 3.23. The lowest BCUT2D eigenvalue weighted by atomic mass is 10.2. The monoisotopic (exact) mass is 251 g/mol. The first kappa shape index (κ1) is 9.40. The molecule has 0 radical (unpaired) electrons. The van der Waals surface area contributed by atoms with E-state index in [0.29, 0.717) is 5.69 Å². The quantitative estimate of drug-likeness (QED) is 0.733. The SMILES string of the molecule is Cc1nc2ccc(N)c(Br)c2nc1C. The summed E-state index contributed by atoms with van der Waals surface area (Å²) in [6.45, 7) is 3.89. The topological polar surface area (TPSA) is 51.8 Å². The van der Waals surface area contributed by atoms with Crippen molar-refractivity contribution >= 4 is 32.7 Å². The van der Waals surface area contributed by atoms with Crippen molar-refractivity contribution in [3.8, 4) is 0 Å². The molecule has 4 heteroatoms. The Morgan fingerprint density at radius 1 is 1.14 bits per heavy atom. The highest BCUT2D eigenvalue weighted by molar-refractivity contribution is 9.10. The Morgan fingerprint density at radius 3 is 2.50 bits per heavy atom. The number of halogens is 1. The fraction of sp³-hybridized carbons (Fsp3) is 0.200. The minimum atomic E-state index is 0.690. The summed E-state index contributed by atoms with van der Waals surface area (Å²) in [5.74, 6) is 0. The number of rotatable bonds is 0. The molecule has 0 unspecified atom stereocenters. The van der Waals surface area contributed by atoms with Crippen LogP contribution in [0.2, 0.25) is 0 Å². The number of nitrogens with two attached hydrogens (primary N) is 1. The third-order valence-electron chi connectivity index (χ3n) is 2.22. The van der Waals surface area contributed by atoms with Crippen molar-refractivity contribution in [2.45, 2.75) is 13.8 Å². The van der Waals surface area contributed by atoms with Gasteiger partial charge in [-0.05, 0) is 41.9 Å². The highest BCUT2D eigenvalue weighted by Gasteiger charge is 2.06. The first-order valence-corrected chi connectivity index (χ1v) is 5.08. The Morgan fingerprint density at radius 2 is 1.79 bits per heavy atom. The van der Waals surface area contributed by atoms with Crippen LogP contribution in [-0.4, -0.2) is 9.97 Å². The molecule has 0 aliphatic rings. The maximum Gasteiger partial charge on any atom is 0.105 e. The van der Waals surface area contributed by atoms with Crippen molar-refractivity contribution in [3.05, 3.63) is 28.0 Å². The molecule has 0 saturated heterocycles. The van der Waals surface area contributed by atoms with Gasteiger partial charge in [0.1, 0.15) is 5.52 Å². The molecule has 0 spiro atoms. The van der Waals surface area contributed by atoms with Crippen molar-refractivity contribution in [2.24, 2.45) is 0 Å². The van der Waals surface area contributed by atoms with Crippen LogP contribution in [0.15, 0.2) is 16.6 Å².